The highest BCUT2D eigenvalue weighted by atomic mass is 35.5. The van der Waals surface area contributed by atoms with E-state index in [0.29, 0.717) is 28.0 Å². The molecule has 2 aromatic heterocycles. The van der Waals surface area contributed by atoms with Gasteiger partial charge in [0.05, 0.1) is 11.3 Å². The van der Waals surface area contributed by atoms with Gasteiger partial charge in [0.2, 0.25) is 11.8 Å². The van der Waals surface area contributed by atoms with Crippen LogP contribution in [0.15, 0.2) is 52.1 Å². The quantitative estimate of drug-likeness (QED) is 0.363. The number of aromatic nitrogens is 5. The Morgan fingerprint density at radius 3 is 2.79 bits per heavy atom. The van der Waals surface area contributed by atoms with Crippen molar-refractivity contribution in [1.29, 1.82) is 0 Å². The number of hydrogen-bond donors (Lipinski definition) is 1. The van der Waals surface area contributed by atoms with E-state index in [9.17, 15) is 9.18 Å². The zero-order chi connectivity index (χ0) is 23.5. The minimum Gasteiger partial charge on any atom is -0.411 e. The van der Waals surface area contributed by atoms with Gasteiger partial charge in [0.25, 0.3) is 5.22 Å². The third-order valence-electron chi connectivity index (χ3n) is 5.42. The lowest BCUT2D eigenvalue weighted by atomic mass is 10.1. The summed E-state index contributed by atoms with van der Waals surface area (Å²) in [6.45, 7) is 0.756. The number of anilines is 1. The number of benzene rings is 2. The number of nitrogens with one attached hydrogen (secondary N) is 1. The van der Waals surface area contributed by atoms with Crippen molar-refractivity contribution in [2.75, 3.05) is 11.1 Å². The summed E-state index contributed by atoms with van der Waals surface area (Å²) in [5.41, 5.74) is 1.52. The predicted molar refractivity (Wildman–Crippen MR) is 127 cm³/mol. The maximum Gasteiger partial charge on any atom is 0.277 e. The Balaban J connectivity index is 1.24. The number of carbonyl (C=O) groups is 1. The number of halogens is 2. The van der Waals surface area contributed by atoms with Crippen molar-refractivity contribution in [2.45, 2.75) is 37.5 Å². The van der Waals surface area contributed by atoms with Gasteiger partial charge in [-0.3, -0.25) is 4.79 Å². The number of amides is 1. The fourth-order valence-corrected chi connectivity index (χ4v) is 4.45. The van der Waals surface area contributed by atoms with Gasteiger partial charge in [0.15, 0.2) is 5.82 Å². The number of thioether (sulfide) groups is 1. The molecule has 0 atom stereocenters. The summed E-state index contributed by atoms with van der Waals surface area (Å²) in [5.74, 6) is 1.06. The van der Waals surface area contributed by atoms with Crippen LogP contribution in [0.3, 0.4) is 0 Å². The highest BCUT2D eigenvalue weighted by Crippen LogP contribution is 2.28. The molecule has 1 aliphatic heterocycles. The second kappa shape index (κ2) is 9.94. The minimum atomic E-state index is -0.410. The van der Waals surface area contributed by atoms with Crippen LogP contribution in [0.5, 0.6) is 0 Å². The van der Waals surface area contributed by atoms with E-state index in [1.54, 1.807) is 30.3 Å². The normalized spacial score (nSPS) is 13.4. The number of carbonyl (C=O) groups excluding carboxylic acids is 1. The Morgan fingerprint density at radius 2 is 1.94 bits per heavy atom. The first kappa shape index (κ1) is 22.5. The molecule has 5 rings (SSSR count). The fourth-order valence-electron chi connectivity index (χ4n) is 3.76. The molecule has 34 heavy (non-hydrogen) atoms. The maximum atomic E-state index is 14.6. The van der Waals surface area contributed by atoms with Gasteiger partial charge >= 0.3 is 0 Å². The van der Waals surface area contributed by atoms with E-state index in [2.05, 4.69) is 25.7 Å². The summed E-state index contributed by atoms with van der Waals surface area (Å²) in [6.07, 6.45) is 4.00. The van der Waals surface area contributed by atoms with Crippen molar-refractivity contribution >= 4 is 35.0 Å². The molecule has 0 aliphatic carbocycles. The van der Waals surface area contributed by atoms with E-state index >= 15 is 0 Å². The molecule has 11 heteroatoms. The highest BCUT2D eigenvalue weighted by Gasteiger charge is 2.19. The summed E-state index contributed by atoms with van der Waals surface area (Å²) >= 11 is 7.01. The van der Waals surface area contributed by atoms with E-state index in [-0.39, 0.29) is 16.9 Å². The average molecular weight is 499 g/mol. The first-order valence-electron chi connectivity index (χ1n) is 10.8. The van der Waals surface area contributed by atoms with E-state index in [0.717, 1.165) is 55.4 Å². The number of aryl methyl sites for hydroxylation is 1. The zero-order valence-electron chi connectivity index (χ0n) is 18.0. The number of fused-ring (bicyclic) bond motifs is 1. The van der Waals surface area contributed by atoms with E-state index in [1.807, 2.05) is 4.57 Å². The summed E-state index contributed by atoms with van der Waals surface area (Å²) in [4.78, 5) is 12.5. The van der Waals surface area contributed by atoms with Crippen LogP contribution in [-0.4, -0.2) is 36.6 Å². The van der Waals surface area contributed by atoms with Crippen molar-refractivity contribution in [3.63, 3.8) is 0 Å². The second-order valence-corrected chi connectivity index (χ2v) is 9.18. The lowest BCUT2D eigenvalue weighted by molar-refractivity contribution is -0.113. The molecule has 0 fully saturated rings. The summed E-state index contributed by atoms with van der Waals surface area (Å²) in [6, 6.07) is 11.4. The third-order valence-corrected chi connectivity index (χ3v) is 6.50. The van der Waals surface area contributed by atoms with E-state index < -0.39 is 5.82 Å². The van der Waals surface area contributed by atoms with Gasteiger partial charge in [-0.2, -0.15) is 0 Å². The largest absolute Gasteiger partial charge is 0.411 e. The minimum absolute atomic E-state index is 0.0509. The summed E-state index contributed by atoms with van der Waals surface area (Å²) in [7, 11) is 0. The Kier molecular flexibility index (Phi) is 6.59. The number of rotatable bonds is 6. The topological polar surface area (TPSA) is 98.7 Å². The van der Waals surface area contributed by atoms with Crippen molar-refractivity contribution in [3.05, 3.63) is 59.1 Å². The van der Waals surface area contributed by atoms with Crippen LogP contribution in [0, 0.1) is 5.82 Å². The molecule has 3 heterocycles. The Morgan fingerprint density at radius 1 is 1.09 bits per heavy atom. The Hall–Kier alpha value is -3.24. The molecule has 174 valence electrons. The lowest BCUT2D eigenvalue weighted by Crippen LogP contribution is -2.14. The average Bonchev–Trinajstić information content (AvgIpc) is 3.40. The molecule has 0 spiro atoms. The van der Waals surface area contributed by atoms with Crippen LogP contribution in [0.25, 0.3) is 22.8 Å². The van der Waals surface area contributed by atoms with Gasteiger partial charge in [-0.1, -0.05) is 29.8 Å². The van der Waals surface area contributed by atoms with Gasteiger partial charge in [-0.15, -0.1) is 20.4 Å². The van der Waals surface area contributed by atoms with Gasteiger partial charge in [-0.25, -0.2) is 4.39 Å². The zero-order valence-corrected chi connectivity index (χ0v) is 19.6. The summed E-state index contributed by atoms with van der Waals surface area (Å²) in [5, 5.41) is 20.1. The molecule has 2 aromatic carbocycles. The van der Waals surface area contributed by atoms with Crippen molar-refractivity contribution < 1.29 is 13.6 Å². The smallest absolute Gasteiger partial charge is 0.277 e. The van der Waals surface area contributed by atoms with Crippen LogP contribution < -0.4 is 5.32 Å². The van der Waals surface area contributed by atoms with E-state index in [1.165, 1.54) is 12.1 Å². The molecule has 1 N–H and O–H groups in total. The Labute approximate surface area is 203 Å². The van der Waals surface area contributed by atoms with Gasteiger partial charge < -0.3 is 14.3 Å². The third kappa shape index (κ3) is 4.97. The standard InChI is InChI=1S/C23H20ClFN6O2S/c24-15-7-5-14(6-8-15)22-29-30-23(33-22)34-13-20(32)26-16-9-10-18(25)17(12-16)21-28-27-19-4-2-1-3-11-31(19)21/h5-10,12H,1-4,11,13H2,(H,26,32). The lowest BCUT2D eigenvalue weighted by Gasteiger charge is -2.10. The van der Waals surface area contributed by atoms with Crippen molar-refractivity contribution in [1.82, 2.24) is 25.0 Å². The molecule has 0 radical (unpaired) electrons. The van der Waals surface area contributed by atoms with Crippen molar-refractivity contribution in [2.24, 2.45) is 0 Å². The number of hydrogen-bond acceptors (Lipinski definition) is 7. The fraction of sp³-hybridized carbons (Fsp3) is 0.261. The van der Waals surface area contributed by atoms with E-state index in [4.69, 9.17) is 16.0 Å². The molecule has 0 saturated heterocycles. The first-order chi connectivity index (χ1) is 16.6. The molecule has 8 nitrogen and oxygen atoms in total. The molecule has 0 bridgehead atoms. The molecular formula is C23H20ClFN6O2S. The maximum absolute atomic E-state index is 14.6. The van der Waals surface area contributed by atoms with Gasteiger partial charge in [-0.05, 0) is 55.3 Å². The molecular weight excluding hydrogens is 479 g/mol. The van der Waals surface area contributed by atoms with Crippen LogP contribution in [-0.2, 0) is 17.8 Å². The second-order valence-electron chi connectivity index (χ2n) is 7.81. The van der Waals surface area contributed by atoms with Crippen LogP contribution in [0.4, 0.5) is 10.1 Å². The van der Waals surface area contributed by atoms with Gasteiger partial charge in [0.1, 0.15) is 11.6 Å². The Bertz CT molecular complexity index is 1320. The van der Waals surface area contributed by atoms with Crippen LogP contribution in [0.2, 0.25) is 5.02 Å². The molecule has 0 unspecified atom stereocenters. The van der Waals surface area contributed by atoms with Crippen molar-refractivity contribution in [3.8, 4) is 22.8 Å². The highest BCUT2D eigenvalue weighted by molar-refractivity contribution is 7.99. The molecule has 4 aromatic rings. The number of nitrogens with zero attached hydrogens (tertiary/aromatic N) is 5. The van der Waals surface area contributed by atoms with Crippen LogP contribution >= 0.6 is 23.4 Å². The molecule has 0 saturated carbocycles. The monoisotopic (exact) mass is 498 g/mol. The predicted octanol–water partition coefficient (Wildman–Crippen LogP) is 5.24. The first-order valence-corrected chi connectivity index (χ1v) is 12.2. The molecule has 1 aliphatic rings. The summed E-state index contributed by atoms with van der Waals surface area (Å²) < 4.78 is 22.2. The van der Waals surface area contributed by atoms with Crippen LogP contribution in [0.1, 0.15) is 25.1 Å². The van der Waals surface area contributed by atoms with Gasteiger partial charge in [0, 0.05) is 29.2 Å². The molecule has 1 amide bonds. The SMILES string of the molecule is O=C(CSc1nnc(-c2ccc(Cl)cc2)o1)Nc1ccc(F)c(-c2nnc3n2CCCCC3)c1.